The first-order valence-corrected chi connectivity index (χ1v) is 4.43. The molecule has 3 nitrogen and oxygen atoms in total. The lowest BCUT2D eigenvalue weighted by atomic mass is 10.1. The van der Waals surface area contributed by atoms with Gasteiger partial charge in [-0.3, -0.25) is 0 Å². The van der Waals surface area contributed by atoms with Gasteiger partial charge >= 0.3 is 5.97 Å². The lowest BCUT2D eigenvalue weighted by Gasteiger charge is -2.00. The number of aliphatic hydroxyl groups is 1. The molecule has 72 valence electrons. The fourth-order valence-corrected chi connectivity index (χ4v) is 1.27. The SMILES string of the molecule is O=C(O)c1ccc(C(O)=C2CC2)cc1. The Hall–Kier alpha value is -1.77. The first kappa shape index (κ1) is 8.81. The van der Waals surface area contributed by atoms with E-state index < -0.39 is 5.97 Å². The van der Waals surface area contributed by atoms with E-state index in [0.29, 0.717) is 11.3 Å². The van der Waals surface area contributed by atoms with Gasteiger partial charge in [-0.15, -0.1) is 0 Å². The molecular formula is C11H10O3. The van der Waals surface area contributed by atoms with Gasteiger partial charge in [-0.1, -0.05) is 12.1 Å². The number of aromatic carboxylic acids is 1. The second kappa shape index (κ2) is 3.18. The molecule has 0 amide bonds. The van der Waals surface area contributed by atoms with Gasteiger partial charge in [-0.2, -0.15) is 0 Å². The van der Waals surface area contributed by atoms with Crippen molar-refractivity contribution in [3.05, 3.63) is 41.0 Å². The van der Waals surface area contributed by atoms with Gasteiger partial charge in [0.15, 0.2) is 0 Å². The van der Waals surface area contributed by atoms with Crippen LogP contribution >= 0.6 is 0 Å². The molecule has 1 aliphatic rings. The van der Waals surface area contributed by atoms with E-state index in [1.807, 2.05) is 0 Å². The first-order valence-electron chi connectivity index (χ1n) is 4.43. The molecule has 2 rings (SSSR count). The highest BCUT2D eigenvalue weighted by molar-refractivity contribution is 5.88. The van der Waals surface area contributed by atoms with E-state index in [-0.39, 0.29) is 5.56 Å². The number of benzene rings is 1. The fraction of sp³-hybridized carbons (Fsp3) is 0.182. The van der Waals surface area contributed by atoms with E-state index in [9.17, 15) is 9.90 Å². The van der Waals surface area contributed by atoms with Gasteiger partial charge in [0, 0.05) is 5.56 Å². The van der Waals surface area contributed by atoms with E-state index in [4.69, 9.17) is 5.11 Å². The molecule has 0 aliphatic heterocycles. The summed E-state index contributed by atoms with van der Waals surface area (Å²) < 4.78 is 0. The highest BCUT2D eigenvalue weighted by Gasteiger charge is 2.18. The van der Waals surface area contributed by atoms with Crippen LogP contribution in [0.3, 0.4) is 0 Å². The third-order valence-corrected chi connectivity index (χ3v) is 2.24. The average Bonchev–Trinajstić information content (AvgIpc) is 3.00. The molecule has 0 aromatic heterocycles. The van der Waals surface area contributed by atoms with Gasteiger partial charge < -0.3 is 10.2 Å². The highest BCUT2D eigenvalue weighted by Crippen LogP contribution is 2.34. The molecule has 0 unspecified atom stereocenters. The van der Waals surface area contributed by atoms with Gasteiger partial charge in [-0.25, -0.2) is 4.79 Å². The lowest BCUT2D eigenvalue weighted by Crippen LogP contribution is -1.95. The summed E-state index contributed by atoms with van der Waals surface area (Å²) in [6.45, 7) is 0. The summed E-state index contributed by atoms with van der Waals surface area (Å²) in [5.41, 5.74) is 1.98. The fourth-order valence-electron chi connectivity index (χ4n) is 1.27. The average molecular weight is 190 g/mol. The molecule has 0 radical (unpaired) electrons. The normalized spacial score (nSPS) is 13.9. The zero-order chi connectivity index (χ0) is 10.1. The van der Waals surface area contributed by atoms with Gasteiger partial charge in [0.2, 0.25) is 0 Å². The first-order chi connectivity index (χ1) is 6.68. The number of allylic oxidation sites excluding steroid dienone is 1. The van der Waals surface area contributed by atoms with E-state index in [2.05, 4.69) is 0 Å². The maximum Gasteiger partial charge on any atom is 0.335 e. The molecule has 1 saturated carbocycles. The Morgan fingerprint density at radius 2 is 1.50 bits per heavy atom. The summed E-state index contributed by atoms with van der Waals surface area (Å²) in [6.07, 6.45) is 1.90. The van der Waals surface area contributed by atoms with Crippen molar-refractivity contribution >= 4 is 11.7 Å². The summed E-state index contributed by atoms with van der Waals surface area (Å²) in [5, 5.41) is 18.3. The summed E-state index contributed by atoms with van der Waals surface area (Å²) in [4.78, 5) is 10.6. The van der Waals surface area contributed by atoms with Crippen molar-refractivity contribution in [2.24, 2.45) is 0 Å². The van der Waals surface area contributed by atoms with Crippen LogP contribution in [0.25, 0.3) is 5.76 Å². The minimum absolute atomic E-state index is 0.238. The summed E-state index contributed by atoms with van der Waals surface area (Å²) in [5.74, 6) is -0.642. The van der Waals surface area contributed by atoms with E-state index >= 15 is 0 Å². The number of rotatable bonds is 2. The smallest absolute Gasteiger partial charge is 0.335 e. The van der Waals surface area contributed by atoms with Gasteiger partial charge in [-0.05, 0) is 30.5 Å². The zero-order valence-corrected chi connectivity index (χ0v) is 7.53. The maximum atomic E-state index is 10.6. The molecule has 0 spiro atoms. The Balaban J connectivity index is 2.30. The predicted octanol–water partition coefficient (Wildman–Crippen LogP) is 2.45. The quantitative estimate of drug-likeness (QED) is 0.704. The monoisotopic (exact) mass is 190 g/mol. The standard InChI is InChI=1S/C11H10O3/c12-10(7-1-2-7)8-3-5-9(6-4-8)11(13)14/h3-6,12H,1-2H2,(H,13,14). The van der Waals surface area contributed by atoms with Crippen LogP contribution in [0, 0.1) is 0 Å². The Morgan fingerprint density at radius 3 is 1.93 bits per heavy atom. The zero-order valence-electron chi connectivity index (χ0n) is 7.53. The van der Waals surface area contributed by atoms with Crippen molar-refractivity contribution in [3.8, 4) is 0 Å². The Labute approximate surface area is 81.3 Å². The number of hydrogen-bond acceptors (Lipinski definition) is 2. The molecular weight excluding hydrogens is 180 g/mol. The van der Waals surface area contributed by atoms with Gasteiger partial charge in [0.25, 0.3) is 0 Å². The van der Waals surface area contributed by atoms with Crippen LogP contribution in [-0.2, 0) is 0 Å². The van der Waals surface area contributed by atoms with Crippen molar-refractivity contribution in [3.63, 3.8) is 0 Å². The molecule has 0 heterocycles. The molecule has 1 aromatic rings. The number of carbonyl (C=O) groups is 1. The number of hydrogen-bond donors (Lipinski definition) is 2. The van der Waals surface area contributed by atoms with Crippen molar-refractivity contribution in [2.45, 2.75) is 12.8 Å². The molecule has 3 heteroatoms. The predicted molar refractivity (Wildman–Crippen MR) is 52.2 cm³/mol. The van der Waals surface area contributed by atoms with Crippen molar-refractivity contribution in [1.29, 1.82) is 0 Å². The Morgan fingerprint density at radius 1 is 1.00 bits per heavy atom. The Kier molecular flexibility index (Phi) is 2.00. The van der Waals surface area contributed by atoms with Crippen LogP contribution in [0.2, 0.25) is 0 Å². The van der Waals surface area contributed by atoms with Crippen LogP contribution in [0.1, 0.15) is 28.8 Å². The molecule has 0 saturated heterocycles. The van der Waals surface area contributed by atoms with Crippen LogP contribution in [0.4, 0.5) is 0 Å². The summed E-state index contributed by atoms with van der Waals surface area (Å²) in [6, 6.07) is 6.25. The molecule has 0 bridgehead atoms. The third-order valence-electron chi connectivity index (χ3n) is 2.24. The second-order valence-corrected chi connectivity index (χ2v) is 3.33. The molecule has 14 heavy (non-hydrogen) atoms. The van der Waals surface area contributed by atoms with Gasteiger partial charge in [0.05, 0.1) is 5.56 Å². The molecule has 1 aromatic carbocycles. The largest absolute Gasteiger partial charge is 0.507 e. The van der Waals surface area contributed by atoms with Crippen molar-refractivity contribution in [2.75, 3.05) is 0 Å². The number of aliphatic hydroxyl groups excluding tert-OH is 1. The van der Waals surface area contributed by atoms with Crippen LogP contribution < -0.4 is 0 Å². The van der Waals surface area contributed by atoms with E-state index in [1.54, 1.807) is 12.1 Å². The lowest BCUT2D eigenvalue weighted by molar-refractivity contribution is 0.0697. The number of carboxylic acid groups (broad SMARTS) is 1. The second-order valence-electron chi connectivity index (χ2n) is 3.33. The third kappa shape index (κ3) is 1.62. The minimum Gasteiger partial charge on any atom is -0.507 e. The molecule has 2 N–H and O–H groups in total. The van der Waals surface area contributed by atoms with Crippen molar-refractivity contribution < 1.29 is 15.0 Å². The molecule has 1 aliphatic carbocycles. The summed E-state index contributed by atoms with van der Waals surface area (Å²) in [7, 11) is 0. The van der Waals surface area contributed by atoms with Crippen LogP contribution in [0.15, 0.2) is 29.8 Å². The highest BCUT2D eigenvalue weighted by atomic mass is 16.4. The summed E-state index contributed by atoms with van der Waals surface area (Å²) >= 11 is 0. The van der Waals surface area contributed by atoms with Crippen molar-refractivity contribution in [1.82, 2.24) is 0 Å². The number of carboxylic acids is 1. The molecule has 0 atom stereocenters. The minimum atomic E-state index is -0.949. The van der Waals surface area contributed by atoms with Crippen LogP contribution in [-0.4, -0.2) is 16.2 Å². The van der Waals surface area contributed by atoms with E-state index in [1.165, 1.54) is 12.1 Å². The topological polar surface area (TPSA) is 57.5 Å². The maximum absolute atomic E-state index is 10.6. The Bertz CT molecular complexity index is 395. The van der Waals surface area contributed by atoms with Gasteiger partial charge in [0.1, 0.15) is 5.76 Å². The van der Waals surface area contributed by atoms with E-state index in [0.717, 1.165) is 18.4 Å². The van der Waals surface area contributed by atoms with Crippen LogP contribution in [0.5, 0.6) is 0 Å². The molecule has 1 fully saturated rings.